The van der Waals surface area contributed by atoms with Gasteiger partial charge in [0.25, 0.3) is 0 Å². The minimum atomic E-state index is -0.407. The fraction of sp³-hybridized carbons (Fsp3) is 0.100. The third-order valence-corrected chi connectivity index (χ3v) is 1.94. The van der Waals surface area contributed by atoms with E-state index in [4.69, 9.17) is 16.9 Å². The maximum absolute atomic E-state index is 13.6. The first-order chi connectivity index (χ1) is 6.74. The van der Waals surface area contributed by atoms with E-state index in [1.165, 1.54) is 6.20 Å². The summed E-state index contributed by atoms with van der Waals surface area (Å²) in [6.45, 7) is 0.134. The predicted molar refractivity (Wildman–Crippen MR) is 55.2 cm³/mol. The molecule has 0 aliphatic carbocycles. The van der Waals surface area contributed by atoms with Gasteiger partial charge in [-0.25, -0.2) is 4.39 Å². The van der Waals surface area contributed by atoms with E-state index >= 15 is 0 Å². The van der Waals surface area contributed by atoms with E-state index in [1.54, 1.807) is 18.2 Å². The Morgan fingerprint density at radius 1 is 1.50 bits per heavy atom. The van der Waals surface area contributed by atoms with Crippen LogP contribution in [0.1, 0.15) is 11.1 Å². The lowest BCUT2D eigenvalue weighted by molar-refractivity contribution is 0.607. The summed E-state index contributed by atoms with van der Waals surface area (Å²) in [6.07, 6.45) is 2.21. The summed E-state index contributed by atoms with van der Waals surface area (Å²) in [4.78, 5) is 0. The van der Waals surface area contributed by atoms with Gasteiger partial charge in [-0.2, -0.15) is 0 Å². The molecule has 0 aliphatic rings. The van der Waals surface area contributed by atoms with E-state index in [-0.39, 0.29) is 6.54 Å². The maximum Gasteiger partial charge on any atom is 0.135 e. The second-order valence-electron chi connectivity index (χ2n) is 2.75. The van der Waals surface area contributed by atoms with Crippen molar-refractivity contribution in [3.63, 3.8) is 0 Å². The molecule has 14 heavy (non-hydrogen) atoms. The molecule has 1 rings (SSSR count). The number of nitrogens with two attached hydrogens (primary N) is 2. The first kappa shape index (κ1) is 10.4. The Balaban J connectivity index is 3.28. The van der Waals surface area contributed by atoms with Crippen LogP contribution in [0.3, 0.4) is 0 Å². The molecule has 0 radical (unpaired) electrons. The fourth-order valence-electron chi connectivity index (χ4n) is 1.18. The minimum Gasteiger partial charge on any atom is -0.404 e. The zero-order valence-corrected chi connectivity index (χ0v) is 7.63. The number of hydrogen-bond acceptors (Lipinski definition) is 3. The van der Waals surface area contributed by atoms with Gasteiger partial charge >= 0.3 is 0 Å². The largest absolute Gasteiger partial charge is 0.404 e. The molecule has 0 atom stereocenters. The highest BCUT2D eigenvalue weighted by Crippen LogP contribution is 2.18. The standard InChI is InChI=1S/C10H12FN3/c11-10-7(4-12)2-1-3-9(10)8(5-13)6-14/h1-3,5-6,13H,4,12,14H2/b8-6+,13-5?. The van der Waals surface area contributed by atoms with E-state index in [0.717, 1.165) is 6.21 Å². The Morgan fingerprint density at radius 3 is 2.71 bits per heavy atom. The average molecular weight is 193 g/mol. The van der Waals surface area contributed by atoms with Gasteiger partial charge in [-0.1, -0.05) is 18.2 Å². The van der Waals surface area contributed by atoms with Gasteiger partial charge in [0.2, 0.25) is 0 Å². The molecule has 0 spiro atoms. The highest BCUT2D eigenvalue weighted by molar-refractivity contribution is 6.08. The van der Waals surface area contributed by atoms with Crippen molar-refractivity contribution in [3.8, 4) is 0 Å². The van der Waals surface area contributed by atoms with Crippen molar-refractivity contribution in [2.45, 2.75) is 6.54 Å². The number of hydrogen-bond donors (Lipinski definition) is 3. The van der Waals surface area contributed by atoms with Crippen molar-refractivity contribution in [2.75, 3.05) is 0 Å². The summed E-state index contributed by atoms with van der Waals surface area (Å²) in [6, 6.07) is 4.86. The molecule has 0 saturated carbocycles. The quantitative estimate of drug-likeness (QED) is 0.631. The van der Waals surface area contributed by atoms with E-state index < -0.39 is 5.82 Å². The van der Waals surface area contributed by atoms with Crippen LogP contribution in [0, 0.1) is 11.2 Å². The average Bonchev–Trinajstić information content (AvgIpc) is 2.22. The molecule has 0 amide bonds. The summed E-state index contributed by atoms with van der Waals surface area (Å²) in [5, 5.41) is 7.05. The maximum atomic E-state index is 13.6. The van der Waals surface area contributed by atoms with Crippen molar-refractivity contribution >= 4 is 11.8 Å². The lowest BCUT2D eigenvalue weighted by Gasteiger charge is -2.06. The molecule has 74 valence electrons. The first-order valence-electron chi connectivity index (χ1n) is 4.14. The smallest absolute Gasteiger partial charge is 0.135 e. The monoisotopic (exact) mass is 193 g/mol. The van der Waals surface area contributed by atoms with Crippen LogP contribution in [0.4, 0.5) is 4.39 Å². The molecule has 5 N–H and O–H groups in total. The van der Waals surface area contributed by atoms with Gasteiger partial charge in [-0.05, 0) is 0 Å². The van der Waals surface area contributed by atoms with Crippen molar-refractivity contribution in [1.29, 1.82) is 5.41 Å². The number of halogens is 1. The fourth-order valence-corrected chi connectivity index (χ4v) is 1.18. The summed E-state index contributed by atoms with van der Waals surface area (Å²) >= 11 is 0. The third kappa shape index (κ3) is 1.80. The molecule has 1 aromatic carbocycles. The normalized spacial score (nSPS) is 11.4. The van der Waals surface area contributed by atoms with Gasteiger partial charge in [-0.15, -0.1) is 0 Å². The summed E-state index contributed by atoms with van der Waals surface area (Å²) in [7, 11) is 0. The summed E-state index contributed by atoms with van der Waals surface area (Å²) < 4.78 is 13.6. The second kappa shape index (κ2) is 4.53. The van der Waals surface area contributed by atoms with Crippen LogP contribution in [0.15, 0.2) is 24.4 Å². The zero-order valence-electron chi connectivity index (χ0n) is 7.63. The van der Waals surface area contributed by atoms with Crippen LogP contribution in [-0.4, -0.2) is 6.21 Å². The minimum absolute atomic E-state index is 0.134. The molecule has 0 heterocycles. The van der Waals surface area contributed by atoms with Crippen LogP contribution in [0.5, 0.6) is 0 Å². The van der Waals surface area contributed by atoms with Gasteiger partial charge in [0.1, 0.15) is 5.82 Å². The molecule has 3 nitrogen and oxygen atoms in total. The molecular weight excluding hydrogens is 181 g/mol. The topological polar surface area (TPSA) is 75.9 Å². The Labute approximate surface area is 81.7 Å². The van der Waals surface area contributed by atoms with E-state index in [9.17, 15) is 4.39 Å². The van der Waals surface area contributed by atoms with Gasteiger partial charge in [-0.3, -0.25) is 0 Å². The molecule has 0 bridgehead atoms. The van der Waals surface area contributed by atoms with Gasteiger partial charge in [0, 0.05) is 35.7 Å². The summed E-state index contributed by atoms with van der Waals surface area (Å²) in [5.74, 6) is -0.407. The second-order valence-corrected chi connectivity index (χ2v) is 2.75. The first-order valence-corrected chi connectivity index (χ1v) is 4.14. The Morgan fingerprint density at radius 2 is 2.21 bits per heavy atom. The Bertz CT molecular complexity index is 372. The molecule has 0 saturated heterocycles. The van der Waals surface area contributed by atoms with Crippen LogP contribution in [0.25, 0.3) is 5.57 Å². The lowest BCUT2D eigenvalue weighted by atomic mass is 10.0. The number of allylic oxidation sites excluding steroid dienone is 1. The molecule has 0 unspecified atom stereocenters. The molecule has 4 heteroatoms. The van der Waals surface area contributed by atoms with E-state index in [2.05, 4.69) is 0 Å². The lowest BCUT2D eigenvalue weighted by Crippen LogP contribution is -2.03. The van der Waals surface area contributed by atoms with Crippen LogP contribution in [0.2, 0.25) is 0 Å². The van der Waals surface area contributed by atoms with E-state index in [0.29, 0.717) is 16.7 Å². The molecule has 0 aliphatic heterocycles. The number of rotatable bonds is 3. The Hall–Kier alpha value is -1.68. The third-order valence-electron chi connectivity index (χ3n) is 1.94. The SMILES string of the molecule is N=C/C(=C\N)c1cccc(CN)c1F. The van der Waals surface area contributed by atoms with Gasteiger partial charge in [0.05, 0.1) is 0 Å². The highest BCUT2D eigenvalue weighted by atomic mass is 19.1. The Kier molecular flexibility index (Phi) is 3.36. The number of nitrogens with one attached hydrogen (secondary N) is 1. The predicted octanol–water partition coefficient (Wildman–Crippen LogP) is 1.23. The molecule has 1 aromatic rings. The molecular formula is C10H12FN3. The molecule has 0 aromatic heterocycles. The van der Waals surface area contributed by atoms with Crippen LogP contribution < -0.4 is 11.5 Å². The zero-order chi connectivity index (χ0) is 10.6. The van der Waals surface area contributed by atoms with Crippen molar-refractivity contribution in [3.05, 3.63) is 41.3 Å². The van der Waals surface area contributed by atoms with Crippen molar-refractivity contribution in [2.24, 2.45) is 11.5 Å². The van der Waals surface area contributed by atoms with Gasteiger partial charge in [0.15, 0.2) is 0 Å². The van der Waals surface area contributed by atoms with Gasteiger partial charge < -0.3 is 16.9 Å². The number of benzene rings is 1. The van der Waals surface area contributed by atoms with Crippen LogP contribution >= 0.6 is 0 Å². The van der Waals surface area contributed by atoms with Crippen molar-refractivity contribution < 1.29 is 4.39 Å². The van der Waals surface area contributed by atoms with E-state index in [1.807, 2.05) is 0 Å². The molecule has 0 fully saturated rings. The van der Waals surface area contributed by atoms with Crippen molar-refractivity contribution in [1.82, 2.24) is 0 Å². The van der Waals surface area contributed by atoms with Crippen LogP contribution in [-0.2, 0) is 6.54 Å². The summed E-state index contributed by atoms with van der Waals surface area (Å²) in [5.41, 5.74) is 11.7. The highest BCUT2D eigenvalue weighted by Gasteiger charge is 2.08.